The van der Waals surface area contributed by atoms with Crippen molar-refractivity contribution in [2.45, 2.75) is 52.0 Å². The van der Waals surface area contributed by atoms with Crippen molar-refractivity contribution >= 4 is 0 Å². The van der Waals surface area contributed by atoms with Crippen molar-refractivity contribution in [2.24, 2.45) is 12.5 Å². The van der Waals surface area contributed by atoms with Crippen LogP contribution in [0.4, 0.5) is 0 Å². The van der Waals surface area contributed by atoms with Crippen LogP contribution in [-0.2, 0) is 13.5 Å². The van der Waals surface area contributed by atoms with Gasteiger partial charge in [0.1, 0.15) is 0 Å². The molecule has 1 aliphatic rings. The minimum atomic E-state index is 0.438. The average molecular weight is 236 g/mol. The van der Waals surface area contributed by atoms with Gasteiger partial charge in [0.15, 0.2) is 0 Å². The quantitative estimate of drug-likeness (QED) is 0.849. The molecule has 0 bridgehead atoms. The van der Waals surface area contributed by atoms with E-state index in [1.54, 1.807) is 4.68 Å². The van der Waals surface area contributed by atoms with E-state index < -0.39 is 0 Å². The number of aromatic nitrogens is 3. The van der Waals surface area contributed by atoms with Crippen LogP contribution in [0, 0.1) is 5.41 Å². The molecule has 0 radical (unpaired) electrons. The van der Waals surface area contributed by atoms with Gasteiger partial charge in [0.2, 0.25) is 0 Å². The molecule has 0 spiro atoms. The second kappa shape index (κ2) is 5.17. The number of nitrogens with one attached hydrogen (secondary N) is 1. The maximum atomic E-state index is 4.21. The van der Waals surface area contributed by atoms with E-state index in [1.807, 2.05) is 13.2 Å². The smallest absolute Gasteiger partial charge is 0.0842 e. The van der Waals surface area contributed by atoms with Crippen molar-refractivity contribution in [1.29, 1.82) is 0 Å². The fraction of sp³-hybridized carbons (Fsp3) is 0.846. The van der Waals surface area contributed by atoms with Gasteiger partial charge in [0.05, 0.1) is 5.69 Å². The van der Waals surface area contributed by atoms with Gasteiger partial charge in [0, 0.05) is 25.7 Å². The normalized spacial score (nSPS) is 20.6. The highest BCUT2D eigenvalue weighted by atomic mass is 15.4. The zero-order chi connectivity index (χ0) is 12.3. The lowest BCUT2D eigenvalue weighted by molar-refractivity contribution is 0.221. The number of rotatable bonds is 5. The molecule has 0 saturated heterocycles. The predicted octanol–water partition coefficient (Wildman–Crippen LogP) is 1.92. The second-order valence-corrected chi connectivity index (χ2v) is 5.56. The topological polar surface area (TPSA) is 42.7 Å². The van der Waals surface area contributed by atoms with Crippen molar-refractivity contribution in [3.05, 3.63) is 11.9 Å². The minimum Gasteiger partial charge on any atom is -0.313 e. The molecule has 1 aromatic rings. The third-order valence-electron chi connectivity index (χ3n) is 4.10. The number of hydrogen-bond donors (Lipinski definition) is 1. The third kappa shape index (κ3) is 2.86. The molecule has 17 heavy (non-hydrogen) atoms. The molecule has 1 aliphatic carbocycles. The van der Waals surface area contributed by atoms with E-state index in [9.17, 15) is 0 Å². The first-order chi connectivity index (χ1) is 8.14. The number of hydrogen-bond acceptors (Lipinski definition) is 3. The van der Waals surface area contributed by atoms with Crippen molar-refractivity contribution in [2.75, 3.05) is 6.54 Å². The lowest BCUT2D eigenvalue weighted by atomic mass is 9.78. The average Bonchev–Trinajstić information content (AvgIpc) is 2.88. The van der Waals surface area contributed by atoms with Gasteiger partial charge in [0.25, 0.3) is 0 Å². The lowest BCUT2D eigenvalue weighted by Gasteiger charge is -2.34. The van der Waals surface area contributed by atoms with Gasteiger partial charge >= 0.3 is 0 Å². The first-order valence-corrected chi connectivity index (χ1v) is 6.72. The fourth-order valence-electron chi connectivity index (χ4n) is 3.04. The Morgan fingerprint density at radius 2 is 2.18 bits per heavy atom. The van der Waals surface area contributed by atoms with E-state index in [-0.39, 0.29) is 0 Å². The Hall–Kier alpha value is -0.900. The Balaban J connectivity index is 2.06. The molecular formula is C13H24N4. The Morgan fingerprint density at radius 1 is 1.47 bits per heavy atom. The molecule has 2 rings (SSSR count). The SMILES string of the molecule is CCNC(Cc1cn(C)nn1)C1(C)CCCC1. The molecule has 0 aromatic carbocycles. The monoisotopic (exact) mass is 236 g/mol. The zero-order valence-electron chi connectivity index (χ0n) is 11.2. The summed E-state index contributed by atoms with van der Waals surface area (Å²) >= 11 is 0. The van der Waals surface area contributed by atoms with Crippen molar-refractivity contribution in [3.8, 4) is 0 Å². The summed E-state index contributed by atoms with van der Waals surface area (Å²) < 4.78 is 1.79. The van der Waals surface area contributed by atoms with Crippen LogP contribution in [0.25, 0.3) is 0 Å². The van der Waals surface area contributed by atoms with Crippen LogP contribution in [0.15, 0.2) is 6.20 Å². The van der Waals surface area contributed by atoms with Gasteiger partial charge in [-0.3, -0.25) is 4.68 Å². The van der Waals surface area contributed by atoms with Crippen LogP contribution in [0.5, 0.6) is 0 Å². The highest BCUT2D eigenvalue weighted by Gasteiger charge is 2.36. The van der Waals surface area contributed by atoms with Crippen LogP contribution in [0.1, 0.15) is 45.2 Å². The number of nitrogens with zero attached hydrogens (tertiary/aromatic N) is 3. The molecule has 96 valence electrons. The van der Waals surface area contributed by atoms with Gasteiger partial charge in [-0.05, 0) is 24.8 Å². The van der Waals surface area contributed by atoms with E-state index in [1.165, 1.54) is 25.7 Å². The summed E-state index contributed by atoms with van der Waals surface area (Å²) in [5, 5.41) is 11.9. The Morgan fingerprint density at radius 3 is 2.71 bits per heavy atom. The molecule has 1 N–H and O–H groups in total. The predicted molar refractivity (Wildman–Crippen MR) is 68.7 cm³/mol. The Labute approximate surface area is 104 Å². The van der Waals surface area contributed by atoms with Gasteiger partial charge in [-0.25, -0.2) is 0 Å². The maximum absolute atomic E-state index is 4.21. The minimum absolute atomic E-state index is 0.438. The summed E-state index contributed by atoms with van der Waals surface area (Å²) in [5.41, 5.74) is 1.54. The Kier molecular flexibility index (Phi) is 3.82. The number of likely N-dealkylation sites (N-methyl/N-ethyl adjacent to an activating group) is 1. The summed E-state index contributed by atoms with van der Waals surface area (Å²) in [6.07, 6.45) is 8.45. The van der Waals surface area contributed by atoms with Gasteiger partial charge in [-0.1, -0.05) is 31.9 Å². The molecule has 4 heteroatoms. The first-order valence-electron chi connectivity index (χ1n) is 6.72. The molecule has 1 aromatic heterocycles. The van der Waals surface area contributed by atoms with E-state index in [0.29, 0.717) is 11.5 Å². The summed E-state index contributed by atoms with van der Waals surface area (Å²) in [7, 11) is 1.93. The van der Waals surface area contributed by atoms with E-state index in [0.717, 1.165) is 18.7 Å². The molecule has 1 fully saturated rings. The molecular weight excluding hydrogens is 212 g/mol. The van der Waals surface area contributed by atoms with Crippen LogP contribution in [-0.4, -0.2) is 27.6 Å². The highest BCUT2D eigenvalue weighted by molar-refractivity contribution is 5.01. The van der Waals surface area contributed by atoms with Crippen molar-refractivity contribution < 1.29 is 0 Å². The molecule has 1 heterocycles. The van der Waals surface area contributed by atoms with Crippen LogP contribution < -0.4 is 5.32 Å². The third-order valence-corrected chi connectivity index (χ3v) is 4.10. The van der Waals surface area contributed by atoms with E-state index in [4.69, 9.17) is 0 Å². The van der Waals surface area contributed by atoms with Crippen molar-refractivity contribution in [3.63, 3.8) is 0 Å². The summed E-state index contributed by atoms with van der Waals surface area (Å²) in [5.74, 6) is 0. The summed E-state index contributed by atoms with van der Waals surface area (Å²) in [4.78, 5) is 0. The van der Waals surface area contributed by atoms with Crippen LogP contribution in [0.3, 0.4) is 0 Å². The fourth-order valence-corrected chi connectivity index (χ4v) is 3.04. The van der Waals surface area contributed by atoms with E-state index >= 15 is 0 Å². The molecule has 4 nitrogen and oxygen atoms in total. The van der Waals surface area contributed by atoms with Gasteiger partial charge < -0.3 is 5.32 Å². The Bertz CT molecular complexity index is 352. The summed E-state index contributed by atoms with van der Waals surface area (Å²) in [6, 6.07) is 0.534. The highest BCUT2D eigenvalue weighted by Crippen LogP contribution is 2.41. The molecule has 0 amide bonds. The first kappa shape index (κ1) is 12.6. The van der Waals surface area contributed by atoms with Gasteiger partial charge in [-0.2, -0.15) is 0 Å². The molecule has 1 saturated carbocycles. The van der Waals surface area contributed by atoms with Crippen molar-refractivity contribution in [1.82, 2.24) is 20.3 Å². The maximum Gasteiger partial charge on any atom is 0.0842 e. The number of aryl methyl sites for hydroxylation is 1. The standard InChI is InChI=1S/C13H24N4/c1-4-14-12(13(2)7-5-6-8-13)9-11-10-17(3)16-15-11/h10,12,14H,4-9H2,1-3H3. The second-order valence-electron chi connectivity index (χ2n) is 5.56. The van der Waals surface area contributed by atoms with Crippen LogP contribution >= 0.6 is 0 Å². The summed E-state index contributed by atoms with van der Waals surface area (Å²) in [6.45, 7) is 5.63. The van der Waals surface area contributed by atoms with Crippen LogP contribution in [0.2, 0.25) is 0 Å². The molecule has 1 unspecified atom stereocenters. The molecule has 1 atom stereocenters. The zero-order valence-corrected chi connectivity index (χ0v) is 11.2. The van der Waals surface area contributed by atoms with Gasteiger partial charge in [-0.15, -0.1) is 5.10 Å². The lowest BCUT2D eigenvalue weighted by Crippen LogP contribution is -2.43. The molecule has 0 aliphatic heterocycles. The largest absolute Gasteiger partial charge is 0.313 e. The van der Waals surface area contributed by atoms with E-state index in [2.05, 4.69) is 29.5 Å².